The highest BCUT2D eigenvalue weighted by atomic mass is 16.2. The number of rotatable bonds is 3. The van der Waals surface area contributed by atoms with Crippen LogP contribution in [0.2, 0.25) is 0 Å². The van der Waals surface area contributed by atoms with E-state index in [1.165, 1.54) is 6.42 Å². The van der Waals surface area contributed by atoms with E-state index in [-0.39, 0.29) is 11.8 Å². The number of hydrogen-bond acceptors (Lipinski definition) is 3. The number of nitrogens with two attached hydrogens (primary N) is 1. The minimum absolute atomic E-state index is 0.104. The predicted molar refractivity (Wildman–Crippen MR) is 81.7 cm³/mol. The second-order valence-corrected chi connectivity index (χ2v) is 5.92. The first-order valence-electron chi connectivity index (χ1n) is 7.61. The normalized spacial score (nSPS) is 19.4. The molecule has 1 amide bonds. The van der Waals surface area contributed by atoms with Gasteiger partial charge in [0, 0.05) is 23.8 Å². The molecule has 20 heavy (non-hydrogen) atoms. The molecule has 0 aromatic carbocycles. The van der Waals surface area contributed by atoms with E-state index < -0.39 is 0 Å². The highest BCUT2D eigenvalue weighted by Crippen LogP contribution is 2.23. The summed E-state index contributed by atoms with van der Waals surface area (Å²) in [5.41, 5.74) is 7.42. The van der Waals surface area contributed by atoms with Gasteiger partial charge in [0.15, 0.2) is 0 Å². The van der Waals surface area contributed by atoms with Gasteiger partial charge in [-0.1, -0.05) is 20.8 Å². The molecule has 0 radical (unpaired) electrons. The Balaban J connectivity index is 2.27. The number of aromatic nitrogens is 1. The molecule has 0 bridgehead atoms. The topological polar surface area (TPSA) is 59.2 Å². The molecular formula is C16H25N3O. The first-order chi connectivity index (χ1) is 9.52. The molecule has 2 rings (SSSR count). The largest absolute Gasteiger partial charge is 0.384 e. The number of likely N-dealkylation sites (tertiary alicyclic amines) is 1. The number of hydrogen-bond donors (Lipinski definition) is 1. The van der Waals surface area contributed by atoms with E-state index in [1.807, 2.05) is 11.0 Å². The van der Waals surface area contributed by atoms with Gasteiger partial charge in [-0.25, -0.2) is 4.98 Å². The van der Waals surface area contributed by atoms with Gasteiger partial charge in [-0.05, 0) is 43.7 Å². The van der Waals surface area contributed by atoms with Gasteiger partial charge < -0.3 is 10.6 Å². The lowest BCUT2D eigenvalue weighted by molar-refractivity contribution is 0.0608. The van der Waals surface area contributed by atoms with Crippen LogP contribution in [0.4, 0.5) is 5.82 Å². The van der Waals surface area contributed by atoms with Gasteiger partial charge in [-0.15, -0.1) is 0 Å². The lowest BCUT2D eigenvalue weighted by Gasteiger charge is -2.35. The lowest BCUT2D eigenvalue weighted by Crippen LogP contribution is -2.43. The van der Waals surface area contributed by atoms with Crippen LogP contribution in [0.15, 0.2) is 12.1 Å². The molecule has 0 aliphatic carbocycles. The zero-order valence-corrected chi connectivity index (χ0v) is 12.7. The van der Waals surface area contributed by atoms with Crippen molar-refractivity contribution in [2.75, 3.05) is 12.3 Å². The molecular weight excluding hydrogens is 250 g/mol. The summed E-state index contributed by atoms with van der Waals surface area (Å²) in [6.45, 7) is 7.13. The number of amides is 1. The Morgan fingerprint density at radius 3 is 2.85 bits per heavy atom. The maximum Gasteiger partial charge on any atom is 0.254 e. The smallest absolute Gasteiger partial charge is 0.254 e. The maximum atomic E-state index is 12.7. The molecule has 1 saturated heterocycles. The van der Waals surface area contributed by atoms with Crippen molar-refractivity contribution in [1.82, 2.24) is 9.88 Å². The van der Waals surface area contributed by atoms with Gasteiger partial charge in [-0.3, -0.25) is 4.79 Å². The van der Waals surface area contributed by atoms with Crippen LogP contribution >= 0.6 is 0 Å². The second kappa shape index (κ2) is 6.25. The summed E-state index contributed by atoms with van der Waals surface area (Å²) in [6, 6.07) is 3.97. The average molecular weight is 275 g/mol. The Morgan fingerprint density at radius 1 is 1.45 bits per heavy atom. The van der Waals surface area contributed by atoms with Crippen molar-refractivity contribution in [2.24, 2.45) is 0 Å². The predicted octanol–water partition coefficient (Wildman–Crippen LogP) is 3.19. The molecule has 4 heteroatoms. The quantitative estimate of drug-likeness (QED) is 0.921. The van der Waals surface area contributed by atoms with Gasteiger partial charge in [0.25, 0.3) is 5.91 Å². The van der Waals surface area contributed by atoms with Crippen LogP contribution < -0.4 is 5.73 Å². The van der Waals surface area contributed by atoms with E-state index in [0.29, 0.717) is 17.4 Å². The fourth-order valence-corrected chi connectivity index (χ4v) is 2.85. The fourth-order valence-electron chi connectivity index (χ4n) is 2.85. The Hall–Kier alpha value is -1.58. The number of anilines is 1. The molecule has 1 aromatic rings. The van der Waals surface area contributed by atoms with Gasteiger partial charge in [-0.2, -0.15) is 0 Å². The fraction of sp³-hybridized carbons (Fsp3) is 0.625. The van der Waals surface area contributed by atoms with Crippen molar-refractivity contribution >= 4 is 11.7 Å². The summed E-state index contributed by atoms with van der Waals surface area (Å²) < 4.78 is 0. The molecule has 1 unspecified atom stereocenters. The SMILES string of the molecule is CCC1CCCCN1C(=O)c1cc(N)nc(C(C)C)c1. The van der Waals surface area contributed by atoms with Crippen LogP contribution in [0.25, 0.3) is 0 Å². The molecule has 2 N–H and O–H groups in total. The van der Waals surface area contributed by atoms with Gasteiger partial charge in [0.2, 0.25) is 0 Å². The van der Waals surface area contributed by atoms with Crippen molar-refractivity contribution in [1.29, 1.82) is 0 Å². The summed E-state index contributed by atoms with van der Waals surface area (Å²) in [7, 11) is 0. The van der Waals surface area contributed by atoms with E-state index in [1.54, 1.807) is 6.07 Å². The van der Waals surface area contributed by atoms with E-state index in [4.69, 9.17) is 5.73 Å². The van der Waals surface area contributed by atoms with Crippen LogP contribution in [0, 0.1) is 0 Å². The third kappa shape index (κ3) is 3.11. The number of carbonyl (C=O) groups is 1. The minimum atomic E-state index is 0.104. The summed E-state index contributed by atoms with van der Waals surface area (Å²) in [4.78, 5) is 19.1. The molecule has 4 nitrogen and oxygen atoms in total. The molecule has 1 fully saturated rings. The molecule has 1 aliphatic rings. The minimum Gasteiger partial charge on any atom is -0.384 e. The van der Waals surface area contributed by atoms with Crippen molar-refractivity contribution < 1.29 is 4.79 Å². The zero-order chi connectivity index (χ0) is 14.7. The first-order valence-corrected chi connectivity index (χ1v) is 7.61. The summed E-state index contributed by atoms with van der Waals surface area (Å²) in [6.07, 6.45) is 4.45. The van der Waals surface area contributed by atoms with Crippen molar-refractivity contribution in [3.8, 4) is 0 Å². The number of carbonyl (C=O) groups excluding carboxylic acids is 1. The highest BCUT2D eigenvalue weighted by Gasteiger charge is 2.26. The molecule has 1 aliphatic heterocycles. The van der Waals surface area contributed by atoms with Crippen molar-refractivity contribution in [3.63, 3.8) is 0 Å². The third-order valence-corrected chi connectivity index (χ3v) is 4.06. The van der Waals surface area contributed by atoms with E-state index in [2.05, 4.69) is 25.8 Å². The Kier molecular flexibility index (Phi) is 4.63. The molecule has 1 atom stereocenters. The standard InChI is InChI=1S/C16H25N3O/c1-4-13-7-5-6-8-19(13)16(20)12-9-14(11(2)3)18-15(17)10-12/h9-11,13H,4-8H2,1-3H3,(H2,17,18). The van der Waals surface area contributed by atoms with Gasteiger partial charge in [0.05, 0.1) is 0 Å². The average Bonchev–Trinajstić information content (AvgIpc) is 2.45. The number of nitrogen functional groups attached to an aromatic ring is 1. The Morgan fingerprint density at radius 2 is 2.20 bits per heavy atom. The Bertz CT molecular complexity index is 485. The van der Waals surface area contributed by atoms with Crippen molar-refractivity contribution in [3.05, 3.63) is 23.4 Å². The molecule has 0 saturated carbocycles. The number of pyridine rings is 1. The summed E-state index contributed by atoms with van der Waals surface area (Å²) in [5, 5.41) is 0. The van der Waals surface area contributed by atoms with E-state index in [0.717, 1.165) is 31.5 Å². The van der Waals surface area contributed by atoms with E-state index in [9.17, 15) is 4.79 Å². The van der Waals surface area contributed by atoms with Crippen LogP contribution in [0.3, 0.4) is 0 Å². The van der Waals surface area contributed by atoms with Gasteiger partial charge in [0.1, 0.15) is 5.82 Å². The zero-order valence-electron chi connectivity index (χ0n) is 12.7. The van der Waals surface area contributed by atoms with Crippen LogP contribution in [0.5, 0.6) is 0 Å². The number of nitrogens with zero attached hydrogens (tertiary/aromatic N) is 2. The molecule has 110 valence electrons. The molecule has 2 heterocycles. The third-order valence-electron chi connectivity index (χ3n) is 4.06. The maximum absolute atomic E-state index is 12.7. The monoisotopic (exact) mass is 275 g/mol. The van der Waals surface area contributed by atoms with Crippen molar-refractivity contribution in [2.45, 2.75) is 58.4 Å². The van der Waals surface area contributed by atoms with Crippen LogP contribution in [-0.2, 0) is 0 Å². The van der Waals surface area contributed by atoms with Crippen LogP contribution in [-0.4, -0.2) is 28.4 Å². The van der Waals surface area contributed by atoms with Gasteiger partial charge >= 0.3 is 0 Å². The summed E-state index contributed by atoms with van der Waals surface area (Å²) >= 11 is 0. The molecule has 0 spiro atoms. The lowest BCUT2D eigenvalue weighted by atomic mass is 9.98. The number of piperidine rings is 1. The van der Waals surface area contributed by atoms with E-state index >= 15 is 0 Å². The first kappa shape index (κ1) is 14.8. The molecule has 1 aromatic heterocycles. The van der Waals surface area contributed by atoms with Crippen LogP contribution in [0.1, 0.15) is 68.4 Å². The summed E-state index contributed by atoms with van der Waals surface area (Å²) in [5.74, 6) is 0.811. The Labute approximate surface area is 121 Å². The highest BCUT2D eigenvalue weighted by molar-refractivity contribution is 5.95. The second-order valence-electron chi connectivity index (χ2n) is 5.92.